The Labute approximate surface area is 153 Å². The first-order chi connectivity index (χ1) is 12.6. The van der Waals surface area contributed by atoms with Gasteiger partial charge in [0.1, 0.15) is 6.10 Å². The predicted molar refractivity (Wildman–Crippen MR) is 94.6 cm³/mol. The highest BCUT2D eigenvalue weighted by atomic mass is 16.6. The summed E-state index contributed by atoms with van der Waals surface area (Å²) in [5.74, 6) is -0.241. The second-order valence-electron chi connectivity index (χ2n) is 6.63. The third kappa shape index (κ3) is 4.14. The number of ether oxygens (including phenoxy) is 2. The van der Waals surface area contributed by atoms with Gasteiger partial charge in [-0.2, -0.15) is 5.26 Å². The van der Waals surface area contributed by atoms with Crippen molar-refractivity contribution in [1.29, 1.82) is 5.26 Å². The van der Waals surface area contributed by atoms with Gasteiger partial charge in [0.25, 0.3) is 0 Å². The van der Waals surface area contributed by atoms with E-state index in [-0.39, 0.29) is 24.1 Å². The highest BCUT2D eigenvalue weighted by Gasteiger charge is 2.35. The van der Waals surface area contributed by atoms with Crippen LogP contribution in [0.5, 0.6) is 0 Å². The fraction of sp³-hybridized carbons (Fsp3) is 0.526. The Kier molecular flexibility index (Phi) is 5.74. The zero-order valence-corrected chi connectivity index (χ0v) is 14.9. The van der Waals surface area contributed by atoms with E-state index in [2.05, 4.69) is 11.0 Å². The minimum atomic E-state index is -0.376. The molecule has 7 nitrogen and oxygen atoms in total. The van der Waals surface area contributed by atoms with Crippen molar-refractivity contribution in [2.75, 3.05) is 37.7 Å². The maximum Gasteiger partial charge on any atom is 0.414 e. The number of carbonyl (C=O) groups excluding carboxylic acids is 2. The average Bonchev–Trinajstić information content (AvgIpc) is 3.02. The molecule has 2 unspecified atom stereocenters. The van der Waals surface area contributed by atoms with Crippen molar-refractivity contribution in [2.24, 2.45) is 5.92 Å². The van der Waals surface area contributed by atoms with E-state index in [1.807, 2.05) is 6.92 Å². The molecule has 0 aromatic heterocycles. The van der Waals surface area contributed by atoms with Crippen LogP contribution in [0.2, 0.25) is 0 Å². The molecule has 0 saturated carbocycles. The van der Waals surface area contributed by atoms with Gasteiger partial charge in [-0.05, 0) is 50.6 Å². The smallest absolute Gasteiger partial charge is 0.414 e. The van der Waals surface area contributed by atoms with Crippen molar-refractivity contribution in [3.05, 3.63) is 29.8 Å². The number of nitrogens with zero attached hydrogens (tertiary/aromatic N) is 3. The van der Waals surface area contributed by atoms with Crippen LogP contribution in [-0.4, -0.2) is 55.9 Å². The molecule has 0 bridgehead atoms. The summed E-state index contributed by atoms with van der Waals surface area (Å²) in [5, 5.41) is 8.87. The van der Waals surface area contributed by atoms with E-state index < -0.39 is 0 Å². The van der Waals surface area contributed by atoms with E-state index in [1.54, 1.807) is 29.2 Å². The maximum absolute atomic E-state index is 12.2. The van der Waals surface area contributed by atoms with E-state index in [9.17, 15) is 9.59 Å². The number of amides is 1. The molecular weight excluding hydrogens is 334 g/mol. The number of esters is 1. The maximum atomic E-state index is 12.2. The molecule has 2 aliphatic rings. The molecule has 0 radical (unpaired) electrons. The van der Waals surface area contributed by atoms with Gasteiger partial charge in [0, 0.05) is 18.8 Å². The van der Waals surface area contributed by atoms with Crippen molar-refractivity contribution in [2.45, 2.75) is 25.9 Å². The van der Waals surface area contributed by atoms with Crippen molar-refractivity contribution in [1.82, 2.24) is 4.90 Å². The Balaban J connectivity index is 1.57. The van der Waals surface area contributed by atoms with E-state index in [0.29, 0.717) is 31.8 Å². The molecule has 2 atom stereocenters. The Morgan fingerprint density at radius 2 is 2.12 bits per heavy atom. The predicted octanol–water partition coefficient (Wildman–Crippen LogP) is 2.16. The Bertz CT molecular complexity index is 698. The second-order valence-corrected chi connectivity index (χ2v) is 6.63. The van der Waals surface area contributed by atoms with Crippen LogP contribution in [0.3, 0.4) is 0 Å². The molecule has 3 rings (SSSR count). The SMILES string of the molecule is CCOC(=O)C1CCCN(CC2CN(c3ccc(C#N)cc3)C(=O)O2)C1. The standard InChI is InChI=1S/C19H23N3O4/c1-2-25-18(23)15-4-3-9-21(11-15)12-17-13-22(19(24)26-17)16-7-5-14(10-20)6-8-16/h5-8,15,17H,2-4,9,11-13H2,1H3. The fourth-order valence-electron chi connectivity index (χ4n) is 3.51. The topological polar surface area (TPSA) is 82.9 Å². The summed E-state index contributed by atoms with van der Waals surface area (Å²) in [7, 11) is 0. The number of hydrogen-bond acceptors (Lipinski definition) is 6. The van der Waals surface area contributed by atoms with Gasteiger partial charge in [-0.15, -0.1) is 0 Å². The van der Waals surface area contributed by atoms with Crippen molar-refractivity contribution >= 4 is 17.7 Å². The molecule has 1 aromatic carbocycles. The van der Waals surface area contributed by atoms with Gasteiger partial charge in [0.15, 0.2) is 0 Å². The summed E-state index contributed by atoms with van der Waals surface area (Å²) in [5.41, 5.74) is 1.27. The summed E-state index contributed by atoms with van der Waals surface area (Å²) in [6.07, 6.45) is 1.17. The van der Waals surface area contributed by atoms with Gasteiger partial charge in [0.2, 0.25) is 0 Å². The summed E-state index contributed by atoms with van der Waals surface area (Å²) < 4.78 is 10.6. The molecule has 2 fully saturated rings. The summed E-state index contributed by atoms with van der Waals surface area (Å²) >= 11 is 0. The van der Waals surface area contributed by atoms with Gasteiger partial charge < -0.3 is 9.47 Å². The molecular formula is C19H23N3O4. The average molecular weight is 357 g/mol. The number of likely N-dealkylation sites (tertiary alicyclic amines) is 1. The molecule has 7 heteroatoms. The quantitative estimate of drug-likeness (QED) is 0.751. The lowest BCUT2D eigenvalue weighted by Gasteiger charge is -2.32. The summed E-state index contributed by atoms with van der Waals surface area (Å²) in [4.78, 5) is 27.9. The number of nitriles is 1. The number of rotatable bonds is 5. The number of hydrogen-bond donors (Lipinski definition) is 0. The highest BCUT2D eigenvalue weighted by Crippen LogP contribution is 2.24. The van der Waals surface area contributed by atoms with Gasteiger partial charge in [0.05, 0.1) is 30.7 Å². The molecule has 0 aliphatic carbocycles. The molecule has 138 valence electrons. The minimum Gasteiger partial charge on any atom is -0.466 e. The minimum absolute atomic E-state index is 0.101. The molecule has 2 saturated heterocycles. The Morgan fingerprint density at radius 3 is 2.81 bits per heavy atom. The number of carbonyl (C=O) groups is 2. The molecule has 0 spiro atoms. The van der Waals surface area contributed by atoms with Crippen LogP contribution in [0.1, 0.15) is 25.3 Å². The fourth-order valence-corrected chi connectivity index (χ4v) is 3.51. The lowest BCUT2D eigenvalue weighted by molar-refractivity contribution is -0.150. The third-order valence-electron chi connectivity index (χ3n) is 4.77. The van der Waals surface area contributed by atoms with E-state index >= 15 is 0 Å². The molecule has 0 N–H and O–H groups in total. The molecule has 1 aromatic rings. The van der Waals surface area contributed by atoms with Crippen LogP contribution in [0.25, 0.3) is 0 Å². The van der Waals surface area contributed by atoms with Crippen LogP contribution in [0, 0.1) is 17.2 Å². The van der Waals surface area contributed by atoms with Crippen LogP contribution < -0.4 is 4.90 Å². The first-order valence-corrected chi connectivity index (χ1v) is 8.98. The summed E-state index contributed by atoms with van der Waals surface area (Å²) in [6.45, 7) is 4.81. The van der Waals surface area contributed by atoms with Crippen LogP contribution in [0.15, 0.2) is 24.3 Å². The van der Waals surface area contributed by atoms with Crippen molar-refractivity contribution < 1.29 is 19.1 Å². The lowest BCUT2D eigenvalue weighted by atomic mass is 9.98. The number of anilines is 1. The Morgan fingerprint density at radius 1 is 1.35 bits per heavy atom. The first kappa shape index (κ1) is 18.2. The van der Waals surface area contributed by atoms with Crippen LogP contribution in [0.4, 0.5) is 10.5 Å². The molecule has 26 heavy (non-hydrogen) atoms. The van der Waals surface area contributed by atoms with Gasteiger partial charge in [-0.1, -0.05) is 0 Å². The molecule has 2 heterocycles. The monoisotopic (exact) mass is 357 g/mol. The van der Waals surface area contributed by atoms with Crippen molar-refractivity contribution in [3.63, 3.8) is 0 Å². The first-order valence-electron chi connectivity index (χ1n) is 8.98. The highest BCUT2D eigenvalue weighted by molar-refractivity contribution is 5.89. The number of benzene rings is 1. The van der Waals surface area contributed by atoms with E-state index in [1.165, 1.54) is 0 Å². The van der Waals surface area contributed by atoms with E-state index in [4.69, 9.17) is 14.7 Å². The number of cyclic esters (lactones) is 1. The van der Waals surface area contributed by atoms with Crippen LogP contribution >= 0.6 is 0 Å². The molecule has 2 aliphatic heterocycles. The van der Waals surface area contributed by atoms with Gasteiger partial charge in [-0.3, -0.25) is 14.6 Å². The van der Waals surface area contributed by atoms with Gasteiger partial charge in [-0.25, -0.2) is 4.79 Å². The molecule has 1 amide bonds. The van der Waals surface area contributed by atoms with E-state index in [0.717, 1.165) is 25.1 Å². The van der Waals surface area contributed by atoms with Crippen molar-refractivity contribution in [3.8, 4) is 6.07 Å². The number of piperidine rings is 1. The lowest BCUT2D eigenvalue weighted by Crippen LogP contribution is -2.43. The second kappa shape index (κ2) is 8.19. The normalized spacial score (nSPS) is 23.4. The van der Waals surface area contributed by atoms with Crippen LogP contribution in [-0.2, 0) is 14.3 Å². The summed E-state index contributed by atoms with van der Waals surface area (Å²) in [6, 6.07) is 8.93. The zero-order valence-electron chi connectivity index (χ0n) is 14.9. The Hall–Kier alpha value is -2.59. The zero-order chi connectivity index (χ0) is 18.5. The largest absolute Gasteiger partial charge is 0.466 e. The third-order valence-corrected chi connectivity index (χ3v) is 4.77. The van der Waals surface area contributed by atoms with Gasteiger partial charge >= 0.3 is 12.1 Å².